The van der Waals surface area contributed by atoms with E-state index in [4.69, 9.17) is 28.5 Å². The Hall–Kier alpha value is -0.618. The van der Waals surface area contributed by atoms with Crippen molar-refractivity contribution in [1.82, 2.24) is 0 Å². The van der Waals surface area contributed by atoms with Crippen molar-refractivity contribution in [2.45, 2.75) is 0 Å². The molecule has 0 heterocycles. The zero-order chi connectivity index (χ0) is 8.35. The van der Waals surface area contributed by atoms with E-state index < -0.39 is 11.1 Å². The Labute approximate surface area is 40.4 Å². The summed E-state index contributed by atoms with van der Waals surface area (Å²) in [6.45, 7) is 0. The molecule has 0 bridgehead atoms. The second-order valence-electron chi connectivity index (χ2n) is 1.85. The normalized spacial score (nSPS) is 30.4. The quantitative estimate of drug-likeness (QED) is 0.531. The third-order valence-corrected chi connectivity index (χ3v) is 0. The maximum atomic E-state index is 8.92. The van der Waals surface area contributed by atoms with Crippen LogP contribution in [-0.4, -0.2) is 7.66 Å². The van der Waals surface area contributed by atoms with Crippen LogP contribution in [0.1, 0.15) is 0 Å². The van der Waals surface area contributed by atoms with E-state index in [0.29, 0.717) is 0 Å². The van der Waals surface area contributed by atoms with Crippen molar-refractivity contribution >= 4 is 0 Å². The minimum absolute atomic E-state index is 6.78. The van der Waals surface area contributed by atoms with E-state index in [1.807, 2.05) is 0 Å². The summed E-state index contributed by atoms with van der Waals surface area (Å²) in [6, 6.07) is 0. The molecule has 0 atom stereocenters. The van der Waals surface area contributed by atoms with Gasteiger partial charge in [-0.25, -0.2) is 0 Å². The Kier molecular flexibility index (Phi) is 0.374. The predicted octanol–water partition coefficient (Wildman–Crippen LogP) is -1.83. The fraction of sp³-hybridized carbons (Fsp3) is 0. The molecule has 0 aliphatic rings. The molecule has 9 heavy (non-hydrogen) atoms. The molecular weight excluding hydrogens is 314 g/mol. The molecule has 0 amide bonds. The van der Waals surface area contributed by atoms with Gasteiger partial charge in [-0.3, -0.25) is 0 Å². The summed E-state index contributed by atoms with van der Waals surface area (Å²) in [5.41, 5.74) is 0. The van der Waals surface area contributed by atoms with Crippen LogP contribution in [0.15, 0.2) is 0 Å². The molecule has 0 aliphatic carbocycles. The molecule has 0 aliphatic heterocycles. The van der Waals surface area contributed by atoms with Gasteiger partial charge in [0.05, 0.1) is 0 Å². The Balaban J connectivity index is 9.43. The van der Waals surface area contributed by atoms with Crippen LogP contribution in [0.4, 0.5) is 0 Å². The summed E-state index contributed by atoms with van der Waals surface area (Å²) in [7, 11) is 0. The van der Waals surface area contributed by atoms with Gasteiger partial charge in [0, 0.05) is 0 Å². The predicted molar refractivity (Wildman–Crippen MR) is 8.56 cm³/mol. The first-order valence-electron chi connectivity index (χ1n) is 1.26. The Morgan fingerprint density at radius 1 is 0.667 bits per heavy atom. The topological polar surface area (TPSA) is 143 Å². The summed E-state index contributed by atoms with van der Waals surface area (Å²) in [6.07, 6.45) is 0. The van der Waals surface area contributed by atoms with Crippen LogP contribution in [0.2, 0.25) is 0 Å². The third kappa shape index (κ3) is 561. The van der Waals surface area contributed by atoms with Crippen LogP contribution in [0, 0.1) is 0 Å². The average Bonchev–Trinajstić information content (AvgIpc) is 0.503. The molecule has 0 unspecified atom stereocenters. The van der Waals surface area contributed by atoms with E-state index in [-0.39, 0.29) is 0 Å². The molecule has 0 fully saturated rings. The van der Waals surface area contributed by atoms with Crippen LogP contribution in [-0.2, 0) is 32.0 Å². The summed E-state index contributed by atoms with van der Waals surface area (Å²) < 4.78 is 67.1. The van der Waals surface area contributed by atoms with Crippen molar-refractivity contribution in [3.05, 3.63) is 0 Å². The molecule has 0 saturated heterocycles. The molecule has 0 spiro atoms. The molecule has 0 radical (unpaired) electrons. The summed E-state index contributed by atoms with van der Waals surface area (Å²) >= 11 is -12.8. The van der Waals surface area contributed by atoms with Gasteiger partial charge in [-0.2, -0.15) is 0 Å². The van der Waals surface area contributed by atoms with Crippen molar-refractivity contribution in [3.8, 4) is 0 Å². The molecule has 0 aromatic heterocycles. The number of hydrogen-bond acceptors (Lipinski definition) is 6. The zero-order valence-electron chi connectivity index (χ0n) is 3.72. The van der Waals surface area contributed by atoms with Gasteiger partial charge in [0.25, 0.3) is 0 Å². The van der Waals surface area contributed by atoms with E-state index in [2.05, 4.69) is 0 Å². The van der Waals surface area contributed by atoms with E-state index in [1.165, 1.54) is 0 Å². The first kappa shape index (κ1) is 8.38. The van der Waals surface area contributed by atoms with Gasteiger partial charge in [0.15, 0.2) is 0 Å². The van der Waals surface area contributed by atoms with E-state index in [9.17, 15) is 0 Å². The van der Waals surface area contributed by atoms with Crippen LogP contribution in [0.5, 0.6) is 0 Å². The average molecular weight is 316 g/mol. The number of hydrogen-bond donors (Lipinski definition) is 2. The maximum absolute atomic E-state index is 12.8. The molecule has 2 N–H and O–H groups in total. The van der Waals surface area contributed by atoms with Gasteiger partial charge in [-0.05, 0) is 0 Å². The molecule has 9 heteroatoms. The van der Waals surface area contributed by atoms with Gasteiger partial charge in [0.1, 0.15) is 0 Å². The van der Waals surface area contributed by atoms with E-state index in [1.54, 1.807) is 0 Å². The molecule has 0 saturated carbocycles. The zero-order valence-corrected chi connectivity index (χ0v) is 6.44. The van der Waals surface area contributed by atoms with Crippen molar-refractivity contribution < 1.29 is 39.6 Å². The molecule has 8 nitrogen and oxygen atoms in total. The fourth-order valence-corrected chi connectivity index (χ4v) is 0. The van der Waals surface area contributed by atoms with Crippen LogP contribution < -0.4 is 0 Å². The first-order valence-corrected chi connectivity index (χ1v) is 10.3. The molecular formula is H2O8Re. The van der Waals surface area contributed by atoms with Gasteiger partial charge >= 0.3 is 39.6 Å². The first-order chi connectivity index (χ1) is 2.83. The van der Waals surface area contributed by atoms with Gasteiger partial charge in [0.2, 0.25) is 0 Å². The summed E-state index contributed by atoms with van der Waals surface area (Å²) in [5, 5.41) is 0. The second kappa shape index (κ2) is 0.401. The minimum atomic E-state index is -12.8. The van der Waals surface area contributed by atoms with Crippen molar-refractivity contribution in [1.29, 1.82) is 0 Å². The summed E-state index contributed by atoms with van der Waals surface area (Å²) in [5.74, 6) is 0. The third-order valence-electron chi connectivity index (χ3n) is 0. The van der Waals surface area contributed by atoms with Crippen LogP contribution in [0.25, 0.3) is 0 Å². The Bertz CT molecular complexity index is 709. The van der Waals surface area contributed by atoms with Gasteiger partial charge in [-0.1, -0.05) is 0 Å². The van der Waals surface area contributed by atoms with E-state index >= 15 is 0 Å². The second-order valence-corrected chi connectivity index (χ2v) is 15.1. The Morgan fingerprint density at radius 2 is 0.667 bits per heavy atom. The fourth-order valence-electron chi connectivity index (χ4n) is 0. The molecule has 57 valence electrons. The van der Waals surface area contributed by atoms with Crippen LogP contribution >= 0.6 is 0 Å². The van der Waals surface area contributed by atoms with Crippen molar-refractivity contribution in [2.24, 2.45) is 0 Å². The van der Waals surface area contributed by atoms with Crippen molar-refractivity contribution in [2.75, 3.05) is 0 Å². The van der Waals surface area contributed by atoms with Gasteiger partial charge in [-0.15, -0.1) is 0 Å². The molecule has 0 aromatic carbocycles. The summed E-state index contributed by atoms with van der Waals surface area (Å²) in [4.78, 5) is 0. The van der Waals surface area contributed by atoms with Gasteiger partial charge < -0.3 is 0 Å². The van der Waals surface area contributed by atoms with Crippen LogP contribution in [0.3, 0.4) is 0 Å². The molecule has 0 rings (SSSR count). The van der Waals surface area contributed by atoms with E-state index in [0.717, 1.165) is 0 Å². The SMILES string of the molecule is [O]=[Re](=[O])(=[O])(=[O])(=[O])(=[O])([OH])[OH]. The Morgan fingerprint density at radius 3 is 0.667 bits per heavy atom. The monoisotopic (exact) mass is 317 g/mol. The molecule has 0 aromatic rings. The number of rotatable bonds is 0. The van der Waals surface area contributed by atoms with Crippen molar-refractivity contribution in [3.63, 3.8) is 0 Å². The standard InChI is InChI=1S/2H2O.6O.Re/h2*1H2;;;;;;;/q;;;;;;;;+2/p-2.